The topological polar surface area (TPSA) is 29.5 Å². The zero-order valence-corrected chi connectivity index (χ0v) is 10.4. The largest absolute Gasteiger partial charge is 0.389 e. The number of halogens is 1. The Morgan fingerprint density at radius 1 is 1.50 bits per heavy atom. The zero-order chi connectivity index (χ0) is 12.0. The average molecular weight is 244 g/mol. The van der Waals surface area contributed by atoms with Crippen molar-refractivity contribution < 1.29 is 14.2 Å². The second-order valence-electron chi connectivity index (χ2n) is 3.55. The van der Waals surface area contributed by atoms with Crippen LogP contribution in [0.5, 0.6) is 0 Å². The number of ether oxygens (including phenoxy) is 1. The lowest BCUT2D eigenvalue weighted by molar-refractivity contribution is 0.195. The van der Waals surface area contributed by atoms with Gasteiger partial charge in [-0.05, 0) is 37.1 Å². The fourth-order valence-corrected chi connectivity index (χ4v) is 2.41. The SMILES string of the molecule is COCCCSc1ccc(F)cc1[C@H](C)O. The van der Waals surface area contributed by atoms with Crippen LogP contribution < -0.4 is 0 Å². The molecule has 4 heteroatoms. The van der Waals surface area contributed by atoms with Gasteiger partial charge in [-0.2, -0.15) is 0 Å². The summed E-state index contributed by atoms with van der Waals surface area (Å²) in [5.74, 6) is 0.594. The maximum atomic E-state index is 13.0. The molecule has 0 bridgehead atoms. The van der Waals surface area contributed by atoms with Gasteiger partial charge in [-0.25, -0.2) is 4.39 Å². The summed E-state index contributed by atoms with van der Waals surface area (Å²) < 4.78 is 18.0. The van der Waals surface area contributed by atoms with Crippen LogP contribution in [0.2, 0.25) is 0 Å². The number of benzene rings is 1. The third-order valence-electron chi connectivity index (χ3n) is 2.17. The number of hydrogen-bond acceptors (Lipinski definition) is 3. The van der Waals surface area contributed by atoms with Crippen molar-refractivity contribution in [2.75, 3.05) is 19.5 Å². The van der Waals surface area contributed by atoms with Crippen LogP contribution in [0.3, 0.4) is 0 Å². The Balaban J connectivity index is 2.64. The normalized spacial score (nSPS) is 12.8. The Bertz CT molecular complexity index is 329. The number of thioether (sulfide) groups is 1. The molecule has 0 amide bonds. The predicted octanol–water partition coefficient (Wildman–Crippen LogP) is 3.01. The highest BCUT2D eigenvalue weighted by Gasteiger charge is 2.09. The molecule has 90 valence electrons. The third-order valence-corrected chi connectivity index (χ3v) is 3.35. The lowest BCUT2D eigenvalue weighted by Gasteiger charge is -2.11. The first kappa shape index (κ1) is 13.5. The predicted molar refractivity (Wildman–Crippen MR) is 64.3 cm³/mol. The number of methoxy groups -OCH3 is 1. The molecule has 0 heterocycles. The van der Waals surface area contributed by atoms with Crippen molar-refractivity contribution in [3.63, 3.8) is 0 Å². The molecular weight excluding hydrogens is 227 g/mol. The van der Waals surface area contributed by atoms with E-state index in [1.54, 1.807) is 31.9 Å². The van der Waals surface area contributed by atoms with E-state index in [0.717, 1.165) is 23.7 Å². The maximum Gasteiger partial charge on any atom is 0.123 e. The molecular formula is C12H17FO2S. The summed E-state index contributed by atoms with van der Waals surface area (Å²) in [4.78, 5) is 0.938. The van der Waals surface area contributed by atoms with E-state index in [1.165, 1.54) is 12.1 Å². The van der Waals surface area contributed by atoms with Crippen LogP contribution in [0, 0.1) is 5.82 Å². The summed E-state index contributed by atoms with van der Waals surface area (Å²) in [5, 5.41) is 9.53. The molecule has 0 saturated carbocycles. The van der Waals surface area contributed by atoms with Gasteiger partial charge in [-0.15, -0.1) is 11.8 Å². The van der Waals surface area contributed by atoms with Gasteiger partial charge in [-0.1, -0.05) is 0 Å². The van der Waals surface area contributed by atoms with Crippen molar-refractivity contribution in [1.82, 2.24) is 0 Å². The number of aliphatic hydroxyl groups is 1. The minimum atomic E-state index is -0.638. The first-order chi connectivity index (χ1) is 7.65. The van der Waals surface area contributed by atoms with Gasteiger partial charge in [0, 0.05) is 24.4 Å². The highest BCUT2D eigenvalue weighted by molar-refractivity contribution is 7.99. The van der Waals surface area contributed by atoms with Crippen LogP contribution in [0.1, 0.15) is 25.0 Å². The third kappa shape index (κ3) is 4.12. The van der Waals surface area contributed by atoms with E-state index in [-0.39, 0.29) is 5.82 Å². The van der Waals surface area contributed by atoms with Crippen LogP contribution in [0.4, 0.5) is 4.39 Å². The molecule has 0 saturated heterocycles. The highest BCUT2D eigenvalue weighted by Crippen LogP contribution is 2.28. The van der Waals surface area contributed by atoms with E-state index in [1.807, 2.05) is 0 Å². The molecule has 1 N–H and O–H groups in total. The first-order valence-corrected chi connectivity index (χ1v) is 6.23. The minimum Gasteiger partial charge on any atom is -0.389 e. The monoisotopic (exact) mass is 244 g/mol. The van der Waals surface area contributed by atoms with Crippen molar-refractivity contribution in [2.24, 2.45) is 0 Å². The van der Waals surface area contributed by atoms with Gasteiger partial charge in [0.05, 0.1) is 6.10 Å². The fraction of sp³-hybridized carbons (Fsp3) is 0.500. The van der Waals surface area contributed by atoms with Crippen molar-refractivity contribution in [3.8, 4) is 0 Å². The van der Waals surface area contributed by atoms with Crippen LogP contribution in [0.25, 0.3) is 0 Å². The fourth-order valence-electron chi connectivity index (χ4n) is 1.36. The van der Waals surface area contributed by atoms with Gasteiger partial charge in [-0.3, -0.25) is 0 Å². The summed E-state index contributed by atoms with van der Waals surface area (Å²) >= 11 is 1.62. The molecule has 16 heavy (non-hydrogen) atoms. The van der Waals surface area contributed by atoms with Crippen LogP contribution in [-0.4, -0.2) is 24.6 Å². The molecule has 0 radical (unpaired) electrons. The molecule has 2 nitrogen and oxygen atoms in total. The number of rotatable bonds is 6. The molecule has 0 fully saturated rings. The standard InChI is InChI=1S/C12H17FO2S/c1-9(14)11-8-10(13)4-5-12(11)16-7-3-6-15-2/h4-5,8-9,14H,3,6-7H2,1-2H3/t9-/m0/s1. The molecule has 0 unspecified atom stereocenters. The van der Waals surface area contributed by atoms with Gasteiger partial charge in [0.15, 0.2) is 0 Å². The van der Waals surface area contributed by atoms with Gasteiger partial charge in [0.25, 0.3) is 0 Å². The summed E-state index contributed by atoms with van der Waals surface area (Å²) in [6.45, 7) is 2.37. The second kappa shape index (κ2) is 6.89. The van der Waals surface area contributed by atoms with Gasteiger partial charge in [0.2, 0.25) is 0 Å². The van der Waals surface area contributed by atoms with E-state index < -0.39 is 6.10 Å². The molecule has 0 aliphatic carbocycles. The summed E-state index contributed by atoms with van der Waals surface area (Å²) in [7, 11) is 1.67. The van der Waals surface area contributed by atoms with Gasteiger partial charge < -0.3 is 9.84 Å². The van der Waals surface area contributed by atoms with Crippen molar-refractivity contribution in [1.29, 1.82) is 0 Å². The zero-order valence-electron chi connectivity index (χ0n) is 9.57. The van der Waals surface area contributed by atoms with Crippen LogP contribution >= 0.6 is 11.8 Å². The molecule has 0 spiro atoms. The van der Waals surface area contributed by atoms with E-state index in [2.05, 4.69) is 0 Å². The lowest BCUT2D eigenvalue weighted by atomic mass is 10.1. The Kier molecular flexibility index (Phi) is 5.80. The van der Waals surface area contributed by atoms with Crippen LogP contribution in [0.15, 0.2) is 23.1 Å². The minimum absolute atomic E-state index is 0.308. The number of aliphatic hydroxyl groups excluding tert-OH is 1. The van der Waals surface area contributed by atoms with E-state index in [0.29, 0.717) is 5.56 Å². The maximum absolute atomic E-state index is 13.0. The summed E-state index contributed by atoms with van der Waals surface area (Å²) in [6.07, 6.45) is 0.304. The van der Waals surface area contributed by atoms with Crippen LogP contribution in [-0.2, 0) is 4.74 Å². The first-order valence-electron chi connectivity index (χ1n) is 5.24. The Hall–Kier alpha value is -0.580. The quantitative estimate of drug-likeness (QED) is 0.616. The van der Waals surface area contributed by atoms with E-state index in [4.69, 9.17) is 4.74 Å². The summed E-state index contributed by atoms with van der Waals surface area (Å²) in [6, 6.07) is 4.53. The molecule has 1 atom stereocenters. The molecule has 0 aromatic heterocycles. The average Bonchev–Trinajstić information content (AvgIpc) is 2.26. The summed E-state index contributed by atoms with van der Waals surface area (Å²) in [5.41, 5.74) is 0.655. The van der Waals surface area contributed by atoms with Gasteiger partial charge >= 0.3 is 0 Å². The molecule has 1 rings (SSSR count). The Labute approximate surface area is 99.8 Å². The molecule has 0 aliphatic rings. The molecule has 1 aromatic carbocycles. The van der Waals surface area contributed by atoms with Gasteiger partial charge in [0.1, 0.15) is 5.82 Å². The van der Waals surface area contributed by atoms with E-state index >= 15 is 0 Å². The highest BCUT2D eigenvalue weighted by atomic mass is 32.2. The lowest BCUT2D eigenvalue weighted by Crippen LogP contribution is -1.97. The van der Waals surface area contributed by atoms with Crippen molar-refractivity contribution >= 4 is 11.8 Å². The number of hydrogen-bond donors (Lipinski definition) is 1. The second-order valence-corrected chi connectivity index (χ2v) is 4.69. The molecule has 1 aromatic rings. The van der Waals surface area contributed by atoms with Crippen molar-refractivity contribution in [2.45, 2.75) is 24.3 Å². The Morgan fingerprint density at radius 3 is 2.88 bits per heavy atom. The molecule has 0 aliphatic heterocycles. The Morgan fingerprint density at radius 2 is 2.25 bits per heavy atom. The smallest absolute Gasteiger partial charge is 0.123 e. The van der Waals surface area contributed by atoms with E-state index in [9.17, 15) is 9.50 Å². The van der Waals surface area contributed by atoms with Crippen molar-refractivity contribution in [3.05, 3.63) is 29.6 Å².